The Morgan fingerprint density at radius 1 is 1.35 bits per heavy atom. The Kier molecular flexibility index (Phi) is 3.45. The fourth-order valence-electron chi connectivity index (χ4n) is 3.29. The zero-order valence-electron chi connectivity index (χ0n) is 11.7. The van der Waals surface area contributed by atoms with Crippen LogP contribution < -0.4 is 5.32 Å². The normalized spacial score (nSPS) is 28.8. The summed E-state index contributed by atoms with van der Waals surface area (Å²) in [6.07, 6.45) is 2.44. The van der Waals surface area contributed by atoms with E-state index < -0.39 is 0 Å². The molecule has 0 bridgehead atoms. The SMILES string of the molecule is CC1CCC(C#N)N1C(=O)[C@@H]1Cc2ccccc2CN1. The minimum Gasteiger partial charge on any atom is -0.323 e. The molecule has 104 valence electrons. The first-order valence-electron chi connectivity index (χ1n) is 7.22. The van der Waals surface area contributed by atoms with Gasteiger partial charge in [0.1, 0.15) is 6.04 Å². The van der Waals surface area contributed by atoms with E-state index in [4.69, 9.17) is 0 Å². The average molecular weight is 269 g/mol. The van der Waals surface area contributed by atoms with Crippen LogP contribution in [0.15, 0.2) is 24.3 Å². The molecule has 3 atom stereocenters. The number of hydrogen-bond donors (Lipinski definition) is 1. The third kappa shape index (κ3) is 2.19. The first kappa shape index (κ1) is 13.1. The molecule has 3 rings (SSSR count). The molecule has 4 heteroatoms. The second-order valence-corrected chi connectivity index (χ2v) is 5.72. The molecule has 1 N–H and O–H groups in total. The van der Waals surface area contributed by atoms with Crippen LogP contribution in [0.1, 0.15) is 30.9 Å². The number of carbonyl (C=O) groups excluding carboxylic acids is 1. The summed E-state index contributed by atoms with van der Waals surface area (Å²) in [6, 6.07) is 10.2. The van der Waals surface area contributed by atoms with Gasteiger partial charge in [-0.15, -0.1) is 0 Å². The van der Waals surface area contributed by atoms with E-state index in [-0.39, 0.29) is 24.0 Å². The summed E-state index contributed by atoms with van der Waals surface area (Å²) in [5, 5.41) is 12.5. The van der Waals surface area contributed by atoms with Crippen LogP contribution in [0, 0.1) is 11.3 Å². The van der Waals surface area contributed by atoms with Crippen LogP contribution in [-0.4, -0.2) is 28.9 Å². The summed E-state index contributed by atoms with van der Waals surface area (Å²) in [7, 11) is 0. The molecule has 2 heterocycles. The van der Waals surface area contributed by atoms with E-state index >= 15 is 0 Å². The molecule has 1 aromatic rings. The van der Waals surface area contributed by atoms with Crippen LogP contribution in [-0.2, 0) is 17.8 Å². The molecule has 1 fully saturated rings. The van der Waals surface area contributed by atoms with Crippen LogP contribution in [0.4, 0.5) is 0 Å². The third-order valence-electron chi connectivity index (χ3n) is 4.45. The molecular formula is C16H19N3O. The van der Waals surface area contributed by atoms with Gasteiger partial charge in [-0.1, -0.05) is 24.3 Å². The lowest BCUT2D eigenvalue weighted by Crippen LogP contribution is -2.52. The molecule has 20 heavy (non-hydrogen) atoms. The van der Waals surface area contributed by atoms with Crippen LogP contribution in [0.25, 0.3) is 0 Å². The summed E-state index contributed by atoms with van der Waals surface area (Å²) in [5.74, 6) is 0.0797. The topological polar surface area (TPSA) is 56.1 Å². The quantitative estimate of drug-likeness (QED) is 0.842. The molecule has 1 saturated heterocycles. The van der Waals surface area contributed by atoms with Gasteiger partial charge in [-0.3, -0.25) is 4.79 Å². The van der Waals surface area contributed by atoms with Crippen molar-refractivity contribution in [2.24, 2.45) is 0 Å². The Labute approximate surface area is 119 Å². The number of fused-ring (bicyclic) bond motifs is 1. The molecule has 0 spiro atoms. The number of hydrogen-bond acceptors (Lipinski definition) is 3. The number of nitrogens with one attached hydrogen (secondary N) is 1. The largest absolute Gasteiger partial charge is 0.323 e. The van der Waals surface area contributed by atoms with E-state index in [1.807, 2.05) is 19.1 Å². The molecule has 2 aliphatic rings. The Bertz CT molecular complexity index is 563. The second kappa shape index (κ2) is 5.26. The highest BCUT2D eigenvalue weighted by Gasteiger charge is 2.38. The molecule has 2 unspecified atom stereocenters. The van der Waals surface area contributed by atoms with Gasteiger partial charge in [0.2, 0.25) is 5.91 Å². The van der Waals surface area contributed by atoms with Gasteiger partial charge in [-0.25, -0.2) is 0 Å². The first-order chi connectivity index (χ1) is 9.70. The highest BCUT2D eigenvalue weighted by Crippen LogP contribution is 2.26. The maximum atomic E-state index is 12.7. The van der Waals surface area contributed by atoms with Crippen LogP contribution in [0.5, 0.6) is 0 Å². The number of rotatable bonds is 1. The van der Waals surface area contributed by atoms with E-state index in [1.165, 1.54) is 11.1 Å². The molecular weight excluding hydrogens is 250 g/mol. The van der Waals surface area contributed by atoms with E-state index in [9.17, 15) is 10.1 Å². The van der Waals surface area contributed by atoms with Gasteiger partial charge in [-0.05, 0) is 37.3 Å². The minimum atomic E-state index is -0.253. The third-order valence-corrected chi connectivity index (χ3v) is 4.45. The molecule has 0 aromatic heterocycles. The average Bonchev–Trinajstić information content (AvgIpc) is 2.87. The summed E-state index contributed by atoms with van der Waals surface area (Å²) in [6.45, 7) is 2.76. The number of likely N-dealkylation sites (tertiary alicyclic amines) is 1. The van der Waals surface area contributed by atoms with E-state index in [1.54, 1.807) is 4.90 Å². The van der Waals surface area contributed by atoms with E-state index in [0.717, 1.165) is 25.8 Å². The molecule has 0 aliphatic carbocycles. The Morgan fingerprint density at radius 2 is 2.10 bits per heavy atom. The first-order valence-corrected chi connectivity index (χ1v) is 7.22. The van der Waals surface area contributed by atoms with Crippen LogP contribution in [0.2, 0.25) is 0 Å². The lowest BCUT2D eigenvalue weighted by molar-refractivity contribution is -0.135. The predicted molar refractivity (Wildman–Crippen MR) is 75.7 cm³/mol. The standard InChI is InChI=1S/C16H19N3O/c1-11-6-7-14(9-17)19(11)16(20)15-8-12-4-2-3-5-13(12)10-18-15/h2-5,11,14-15,18H,6-8,10H2,1H3/t11?,14?,15-/m0/s1. The van der Waals surface area contributed by atoms with Crippen molar-refractivity contribution in [2.45, 2.75) is 50.9 Å². The van der Waals surface area contributed by atoms with Crippen LogP contribution >= 0.6 is 0 Å². The molecule has 0 saturated carbocycles. The smallest absolute Gasteiger partial charge is 0.241 e. The highest BCUT2D eigenvalue weighted by atomic mass is 16.2. The minimum absolute atomic E-state index is 0.0797. The molecule has 0 radical (unpaired) electrons. The number of nitrogens with zero attached hydrogens (tertiary/aromatic N) is 2. The summed E-state index contributed by atoms with van der Waals surface area (Å²) in [5.41, 5.74) is 2.51. The van der Waals surface area contributed by atoms with Gasteiger partial charge >= 0.3 is 0 Å². The number of benzene rings is 1. The fraction of sp³-hybridized carbons (Fsp3) is 0.500. The van der Waals surface area contributed by atoms with Gasteiger partial charge in [-0.2, -0.15) is 5.26 Å². The van der Waals surface area contributed by atoms with Gasteiger partial charge in [0.15, 0.2) is 0 Å². The second-order valence-electron chi connectivity index (χ2n) is 5.72. The maximum absolute atomic E-state index is 12.7. The maximum Gasteiger partial charge on any atom is 0.241 e. The van der Waals surface area contributed by atoms with Gasteiger partial charge in [0.05, 0.1) is 12.1 Å². The fourth-order valence-corrected chi connectivity index (χ4v) is 3.29. The Morgan fingerprint density at radius 3 is 2.85 bits per heavy atom. The van der Waals surface area contributed by atoms with Gasteiger partial charge < -0.3 is 10.2 Å². The Hall–Kier alpha value is -1.86. The lowest BCUT2D eigenvalue weighted by atomic mass is 9.95. The van der Waals surface area contributed by atoms with Crippen molar-refractivity contribution < 1.29 is 4.79 Å². The van der Waals surface area contributed by atoms with Crippen molar-refractivity contribution >= 4 is 5.91 Å². The predicted octanol–water partition coefficient (Wildman–Crippen LogP) is 1.60. The van der Waals surface area contributed by atoms with Crippen molar-refractivity contribution in [1.29, 1.82) is 5.26 Å². The van der Waals surface area contributed by atoms with E-state index in [2.05, 4.69) is 23.5 Å². The van der Waals surface area contributed by atoms with E-state index in [0.29, 0.717) is 0 Å². The number of nitriles is 1. The number of amides is 1. The molecule has 2 aliphatic heterocycles. The van der Waals surface area contributed by atoms with Crippen molar-refractivity contribution in [3.05, 3.63) is 35.4 Å². The lowest BCUT2D eigenvalue weighted by Gasteiger charge is -2.32. The van der Waals surface area contributed by atoms with Gasteiger partial charge in [0.25, 0.3) is 0 Å². The van der Waals surface area contributed by atoms with Crippen LogP contribution in [0.3, 0.4) is 0 Å². The monoisotopic (exact) mass is 269 g/mol. The highest BCUT2D eigenvalue weighted by molar-refractivity contribution is 5.83. The molecule has 4 nitrogen and oxygen atoms in total. The van der Waals surface area contributed by atoms with Crippen molar-refractivity contribution in [1.82, 2.24) is 10.2 Å². The Balaban J connectivity index is 1.78. The van der Waals surface area contributed by atoms with Crippen molar-refractivity contribution in [2.75, 3.05) is 0 Å². The summed E-state index contributed by atoms with van der Waals surface area (Å²) < 4.78 is 0. The number of carbonyl (C=O) groups is 1. The molecule has 1 aromatic carbocycles. The zero-order chi connectivity index (χ0) is 14.1. The molecule has 1 amide bonds. The van der Waals surface area contributed by atoms with Gasteiger partial charge in [0, 0.05) is 12.6 Å². The van der Waals surface area contributed by atoms with Crippen molar-refractivity contribution in [3.8, 4) is 6.07 Å². The summed E-state index contributed by atoms with van der Waals surface area (Å²) in [4.78, 5) is 14.5. The zero-order valence-corrected chi connectivity index (χ0v) is 11.7. The van der Waals surface area contributed by atoms with Crippen molar-refractivity contribution in [3.63, 3.8) is 0 Å². The summed E-state index contributed by atoms with van der Waals surface area (Å²) >= 11 is 0.